The third kappa shape index (κ3) is 1.51. The van der Waals surface area contributed by atoms with E-state index >= 15 is 0 Å². The van der Waals surface area contributed by atoms with Gasteiger partial charge < -0.3 is 0 Å². The van der Waals surface area contributed by atoms with Crippen molar-refractivity contribution in [2.75, 3.05) is 0 Å². The van der Waals surface area contributed by atoms with Crippen LogP contribution in [0.2, 0.25) is 0 Å². The summed E-state index contributed by atoms with van der Waals surface area (Å²) in [4.78, 5) is 0. The minimum atomic E-state index is 0.603. The summed E-state index contributed by atoms with van der Waals surface area (Å²) >= 11 is 0. The number of fused-ring (bicyclic) bond motifs is 1. The Balaban J connectivity index is 2.76. The first-order valence-corrected chi connectivity index (χ1v) is 4.76. The Hall–Kier alpha value is -1.11. The fraction of sp³-hybridized carbons (Fsp3) is 0.250. The van der Waals surface area contributed by atoms with E-state index in [0.717, 1.165) is 0 Å². The van der Waals surface area contributed by atoms with Gasteiger partial charge in [0.2, 0.25) is 0 Å². The molecule has 0 aliphatic carbocycles. The van der Waals surface area contributed by atoms with Gasteiger partial charge >= 0.3 is 79.2 Å². The number of benzene rings is 1. The van der Waals surface area contributed by atoms with Crippen molar-refractivity contribution >= 4 is 17.6 Å². The van der Waals surface area contributed by atoms with E-state index in [-0.39, 0.29) is 0 Å². The molecule has 1 heteroatoms. The summed E-state index contributed by atoms with van der Waals surface area (Å²) < 4.78 is 0. The van der Waals surface area contributed by atoms with E-state index in [1.807, 2.05) is 0 Å². The summed E-state index contributed by atoms with van der Waals surface area (Å²) in [5.41, 5.74) is 1.44. The van der Waals surface area contributed by atoms with Crippen molar-refractivity contribution in [1.82, 2.24) is 0 Å². The molecule has 0 N–H and O–H groups in total. The molecule has 0 saturated heterocycles. The molecule has 13 heavy (non-hydrogen) atoms. The monoisotopic (exact) mass is 168 g/mol. The van der Waals surface area contributed by atoms with Crippen LogP contribution in [0.3, 0.4) is 0 Å². The normalized spacial score (nSPS) is 10.7. The van der Waals surface area contributed by atoms with Crippen molar-refractivity contribution in [3.05, 3.63) is 41.9 Å². The van der Waals surface area contributed by atoms with Gasteiger partial charge in [0.1, 0.15) is 0 Å². The quantitative estimate of drug-likeness (QED) is 0.612. The molecule has 1 aromatic heterocycles. The molecular weight excluding hydrogens is 155 g/mol. The molecule has 1 heterocycles. The second kappa shape index (κ2) is 3.33. The Kier molecular flexibility index (Phi) is 2.18. The minimum absolute atomic E-state index is 0.603. The van der Waals surface area contributed by atoms with Crippen LogP contribution in [-0.4, -0.2) is 6.91 Å². The Labute approximate surface area is 79.8 Å². The average molecular weight is 168 g/mol. The van der Waals surface area contributed by atoms with Crippen molar-refractivity contribution in [2.45, 2.75) is 19.8 Å². The molecule has 0 nitrogen and oxygen atoms in total. The molecule has 0 amide bonds. The zero-order valence-electron chi connectivity index (χ0n) is 8.12. The van der Waals surface area contributed by atoms with Crippen LogP contribution in [-0.2, 0) is 0 Å². The van der Waals surface area contributed by atoms with Gasteiger partial charge in [-0.3, -0.25) is 0 Å². The van der Waals surface area contributed by atoms with Crippen molar-refractivity contribution in [2.24, 2.45) is 0 Å². The first-order chi connectivity index (χ1) is 6.29. The predicted molar refractivity (Wildman–Crippen MR) is 59.4 cm³/mol. The first kappa shape index (κ1) is 8.49. The summed E-state index contributed by atoms with van der Waals surface area (Å²) in [6, 6.07) is 10.8. The van der Waals surface area contributed by atoms with Crippen LogP contribution in [0.4, 0.5) is 0 Å². The van der Waals surface area contributed by atoms with Crippen LogP contribution in [0.25, 0.3) is 10.7 Å². The Morgan fingerprint density at radius 1 is 1.08 bits per heavy atom. The fourth-order valence-corrected chi connectivity index (χ4v) is 1.75. The van der Waals surface area contributed by atoms with Gasteiger partial charge in [0.05, 0.1) is 0 Å². The second-order valence-corrected chi connectivity index (χ2v) is 3.72. The van der Waals surface area contributed by atoms with Crippen LogP contribution in [0.1, 0.15) is 25.3 Å². The van der Waals surface area contributed by atoms with Gasteiger partial charge in [-0.15, -0.1) is 0 Å². The van der Waals surface area contributed by atoms with E-state index in [9.17, 15) is 0 Å². The standard InChI is InChI=1S/C12H13B/c1-9(2)10-5-3-7-12-11(10)6-4-8-13-12/h3-9H,1-2H3. The third-order valence-electron chi connectivity index (χ3n) is 2.45. The molecule has 0 atom stereocenters. The second-order valence-electron chi connectivity index (χ2n) is 3.72. The summed E-state index contributed by atoms with van der Waals surface area (Å²) in [7, 11) is 0. The maximum absolute atomic E-state index is 2.24. The Morgan fingerprint density at radius 3 is 2.69 bits per heavy atom. The van der Waals surface area contributed by atoms with Gasteiger partial charge in [0.25, 0.3) is 0 Å². The number of hydrogen-bond acceptors (Lipinski definition) is 0. The van der Waals surface area contributed by atoms with Crippen molar-refractivity contribution in [1.29, 1.82) is 0 Å². The van der Waals surface area contributed by atoms with Gasteiger partial charge in [-0.25, -0.2) is 0 Å². The molecule has 1 aromatic carbocycles. The topological polar surface area (TPSA) is 0 Å². The molecule has 64 valence electrons. The van der Waals surface area contributed by atoms with Crippen LogP contribution >= 0.6 is 0 Å². The molecular formula is C12H13B. The summed E-state index contributed by atoms with van der Waals surface area (Å²) in [6.07, 6.45) is 0. The van der Waals surface area contributed by atoms with Crippen molar-refractivity contribution < 1.29 is 0 Å². The molecule has 2 rings (SSSR count). The van der Waals surface area contributed by atoms with Gasteiger partial charge in [-0.1, -0.05) is 0 Å². The Bertz CT molecular complexity index is 413. The molecule has 2 aromatic rings. The first-order valence-electron chi connectivity index (χ1n) is 4.76. The van der Waals surface area contributed by atoms with E-state index in [2.05, 4.69) is 57.1 Å². The third-order valence-corrected chi connectivity index (χ3v) is 2.45. The molecule has 0 bridgehead atoms. The van der Waals surface area contributed by atoms with E-state index in [4.69, 9.17) is 0 Å². The van der Waals surface area contributed by atoms with Crippen molar-refractivity contribution in [3.63, 3.8) is 0 Å². The predicted octanol–water partition coefficient (Wildman–Crippen LogP) is 3.30. The van der Waals surface area contributed by atoms with Gasteiger partial charge in [0.15, 0.2) is 0 Å². The molecule has 0 aliphatic heterocycles. The summed E-state index contributed by atoms with van der Waals surface area (Å²) in [5.74, 6) is 2.69. The molecule has 0 spiro atoms. The molecule has 0 radical (unpaired) electrons. The summed E-state index contributed by atoms with van der Waals surface area (Å²) in [6.45, 7) is 6.64. The van der Waals surface area contributed by atoms with Gasteiger partial charge in [-0.05, 0) is 0 Å². The van der Waals surface area contributed by atoms with E-state index in [1.54, 1.807) is 0 Å². The molecule has 0 fully saturated rings. The zero-order chi connectivity index (χ0) is 9.26. The van der Waals surface area contributed by atoms with E-state index in [0.29, 0.717) is 5.92 Å². The maximum atomic E-state index is 2.24. The van der Waals surface area contributed by atoms with Crippen LogP contribution < -0.4 is 0 Å². The summed E-state index contributed by atoms with van der Waals surface area (Å²) in [5, 5.41) is 2.73. The molecule has 0 aliphatic rings. The van der Waals surface area contributed by atoms with E-state index in [1.165, 1.54) is 16.2 Å². The van der Waals surface area contributed by atoms with Gasteiger partial charge in [-0.2, -0.15) is 0 Å². The SMILES string of the molecule is CC(C)c1cccc2bcccc12. The fourth-order valence-electron chi connectivity index (χ4n) is 1.75. The van der Waals surface area contributed by atoms with Crippen molar-refractivity contribution in [3.8, 4) is 0 Å². The van der Waals surface area contributed by atoms with Gasteiger partial charge in [0, 0.05) is 0 Å². The Morgan fingerprint density at radius 2 is 1.92 bits per heavy atom. The van der Waals surface area contributed by atoms with E-state index < -0.39 is 0 Å². The zero-order valence-corrected chi connectivity index (χ0v) is 8.12. The molecule has 0 unspecified atom stereocenters. The van der Waals surface area contributed by atoms with Crippen LogP contribution in [0, 0.1) is 0 Å². The van der Waals surface area contributed by atoms with Crippen LogP contribution in [0.5, 0.6) is 0 Å². The van der Waals surface area contributed by atoms with Crippen LogP contribution in [0.15, 0.2) is 36.3 Å². The number of hydrogen-bond donors (Lipinski definition) is 0. The average Bonchev–Trinajstić information content (AvgIpc) is 2.17. The molecule has 0 saturated carbocycles. The number of rotatable bonds is 1.